The third-order valence-corrected chi connectivity index (χ3v) is 4.21. The number of carbonyl (C=O) groups is 1. The van der Waals surface area contributed by atoms with Crippen LogP contribution in [0.3, 0.4) is 0 Å². The Morgan fingerprint density at radius 3 is 2.48 bits per heavy atom. The highest BCUT2D eigenvalue weighted by Crippen LogP contribution is 2.14. The topological polar surface area (TPSA) is 48.5 Å². The van der Waals surface area contributed by atoms with Crippen LogP contribution >= 0.6 is 0 Å². The number of hydrogen-bond acceptors (Lipinski definition) is 3. The van der Waals surface area contributed by atoms with Crippen molar-refractivity contribution in [1.82, 2.24) is 14.8 Å². The maximum absolute atomic E-state index is 12.4. The quantitative estimate of drug-likeness (QED) is 0.832. The molecular formula is C20H28N4O. The fourth-order valence-electron chi connectivity index (χ4n) is 2.72. The van der Waals surface area contributed by atoms with Crippen molar-refractivity contribution in [2.45, 2.75) is 33.9 Å². The van der Waals surface area contributed by atoms with E-state index < -0.39 is 0 Å². The molecule has 0 aliphatic rings. The standard InChI is InChI=1S/C20H28N4O/c1-5-24(6-2)15-17-8-7-9-19(13-17)22-20(25)23(4)14-18-10-11-21-16(3)12-18/h7-13H,5-6,14-15H2,1-4H3,(H,22,25). The second kappa shape index (κ2) is 9.18. The van der Waals surface area contributed by atoms with Crippen LogP contribution in [0.1, 0.15) is 30.7 Å². The van der Waals surface area contributed by atoms with E-state index in [4.69, 9.17) is 0 Å². The van der Waals surface area contributed by atoms with Crippen molar-refractivity contribution in [3.8, 4) is 0 Å². The van der Waals surface area contributed by atoms with E-state index in [1.807, 2.05) is 37.3 Å². The highest BCUT2D eigenvalue weighted by Gasteiger charge is 2.10. The van der Waals surface area contributed by atoms with Crippen molar-refractivity contribution >= 4 is 11.7 Å². The number of carbonyl (C=O) groups excluding carboxylic acids is 1. The van der Waals surface area contributed by atoms with Gasteiger partial charge in [-0.3, -0.25) is 9.88 Å². The molecule has 0 fully saturated rings. The minimum atomic E-state index is -0.116. The summed E-state index contributed by atoms with van der Waals surface area (Å²) in [5, 5.41) is 2.98. The predicted octanol–water partition coefficient (Wildman–Crippen LogP) is 3.90. The number of urea groups is 1. The summed E-state index contributed by atoms with van der Waals surface area (Å²) < 4.78 is 0. The van der Waals surface area contributed by atoms with Crippen LogP contribution in [0, 0.1) is 6.92 Å². The molecule has 0 radical (unpaired) electrons. The first-order valence-corrected chi connectivity index (χ1v) is 8.76. The Morgan fingerprint density at radius 1 is 1.08 bits per heavy atom. The molecule has 5 heteroatoms. The van der Waals surface area contributed by atoms with Crippen LogP contribution in [-0.2, 0) is 13.1 Å². The number of amides is 2. The number of benzene rings is 1. The summed E-state index contributed by atoms with van der Waals surface area (Å²) in [4.78, 5) is 20.6. The van der Waals surface area contributed by atoms with Gasteiger partial charge in [-0.15, -0.1) is 0 Å². The van der Waals surface area contributed by atoms with Gasteiger partial charge >= 0.3 is 6.03 Å². The van der Waals surface area contributed by atoms with Crippen LogP contribution in [0.15, 0.2) is 42.6 Å². The lowest BCUT2D eigenvalue weighted by Crippen LogP contribution is -2.31. The van der Waals surface area contributed by atoms with Crippen LogP contribution < -0.4 is 5.32 Å². The van der Waals surface area contributed by atoms with Crippen molar-refractivity contribution in [3.05, 3.63) is 59.4 Å². The second-order valence-electron chi connectivity index (χ2n) is 6.25. The maximum Gasteiger partial charge on any atom is 0.321 e. The van der Waals surface area contributed by atoms with Gasteiger partial charge < -0.3 is 10.2 Å². The number of rotatable bonds is 7. The molecule has 0 aliphatic carbocycles. The zero-order valence-corrected chi connectivity index (χ0v) is 15.6. The fraction of sp³-hybridized carbons (Fsp3) is 0.400. The molecule has 2 amide bonds. The first-order chi connectivity index (χ1) is 12.0. The number of pyridine rings is 1. The number of nitrogens with zero attached hydrogens (tertiary/aromatic N) is 3. The monoisotopic (exact) mass is 340 g/mol. The van der Waals surface area contributed by atoms with Crippen LogP contribution in [-0.4, -0.2) is 41.0 Å². The van der Waals surface area contributed by atoms with Crippen LogP contribution in [0.4, 0.5) is 10.5 Å². The molecule has 1 aromatic carbocycles. The van der Waals surface area contributed by atoms with E-state index in [-0.39, 0.29) is 6.03 Å². The summed E-state index contributed by atoms with van der Waals surface area (Å²) in [6.45, 7) is 9.74. The SMILES string of the molecule is CCN(CC)Cc1cccc(NC(=O)N(C)Cc2ccnc(C)c2)c1. The minimum Gasteiger partial charge on any atom is -0.323 e. The Balaban J connectivity index is 1.97. The number of aromatic nitrogens is 1. The fourth-order valence-corrected chi connectivity index (χ4v) is 2.72. The van der Waals surface area contributed by atoms with Gasteiger partial charge in [0.2, 0.25) is 0 Å². The molecule has 0 bridgehead atoms. The third-order valence-electron chi connectivity index (χ3n) is 4.21. The highest BCUT2D eigenvalue weighted by molar-refractivity contribution is 5.89. The number of aryl methyl sites for hydroxylation is 1. The van der Waals surface area contributed by atoms with Crippen LogP contribution in [0.5, 0.6) is 0 Å². The van der Waals surface area contributed by atoms with Crippen molar-refractivity contribution in [1.29, 1.82) is 0 Å². The molecule has 0 saturated heterocycles. The summed E-state index contributed by atoms with van der Waals surface area (Å²) in [5.41, 5.74) is 4.05. The van der Waals surface area contributed by atoms with E-state index in [0.29, 0.717) is 6.54 Å². The smallest absolute Gasteiger partial charge is 0.321 e. The number of anilines is 1. The molecule has 5 nitrogen and oxygen atoms in total. The van der Waals surface area contributed by atoms with Crippen LogP contribution in [0.2, 0.25) is 0 Å². The molecule has 0 unspecified atom stereocenters. The molecule has 0 saturated carbocycles. The van der Waals surface area contributed by atoms with Gasteiger partial charge in [0.15, 0.2) is 0 Å². The molecule has 2 aromatic rings. The molecule has 0 spiro atoms. The second-order valence-corrected chi connectivity index (χ2v) is 6.25. The van der Waals surface area contributed by atoms with E-state index >= 15 is 0 Å². The Morgan fingerprint density at radius 2 is 1.80 bits per heavy atom. The average molecular weight is 340 g/mol. The Bertz CT molecular complexity index is 698. The Labute approximate surface area is 150 Å². The van der Waals surface area contributed by atoms with Gasteiger partial charge in [0.25, 0.3) is 0 Å². The zero-order chi connectivity index (χ0) is 18.2. The summed E-state index contributed by atoms with van der Waals surface area (Å²) in [6, 6.07) is 11.9. The van der Waals surface area contributed by atoms with Crippen molar-refractivity contribution in [3.63, 3.8) is 0 Å². The van der Waals surface area contributed by atoms with E-state index in [2.05, 4.69) is 35.1 Å². The maximum atomic E-state index is 12.4. The molecule has 134 valence electrons. The van der Waals surface area contributed by atoms with E-state index in [0.717, 1.165) is 36.6 Å². The third kappa shape index (κ3) is 5.87. The largest absolute Gasteiger partial charge is 0.323 e. The normalized spacial score (nSPS) is 10.8. The van der Waals surface area contributed by atoms with Crippen molar-refractivity contribution < 1.29 is 4.79 Å². The summed E-state index contributed by atoms with van der Waals surface area (Å²) in [6.07, 6.45) is 1.77. The Hall–Kier alpha value is -2.40. The zero-order valence-electron chi connectivity index (χ0n) is 15.6. The van der Waals surface area contributed by atoms with Crippen LogP contribution in [0.25, 0.3) is 0 Å². The van der Waals surface area contributed by atoms with E-state index in [1.165, 1.54) is 5.56 Å². The Kier molecular flexibility index (Phi) is 6.95. The van der Waals surface area contributed by atoms with Gasteiger partial charge in [-0.05, 0) is 55.4 Å². The lowest BCUT2D eigenvalue weighted by molar-refractivity contribution is 0.220. The molecule has 1 heterocycles. The molecule has 1 aromatic heterocycles. The van der Waals surface area contributed by atoms with Crippen molar-refractivity contribution in [2.24, 2.45) is 0 Å². The van der Waals surface area contributed by atoms with Gasteiger partial charge in [-0.25, -0.2) is 4.79 Å². The van der Waals surface area contributed by atoms with Gasteiger partial charge in [0.1, 0.15) is 0 Å². The van der Waals surface area contributed by atoms with E-state index in [9.17, 15) is 4.79 Å². The molecule has 1 N–H and O–H groups in total. The summed E-state index contributed by atoms with van der Waals surface area (Å²) in [7, 11) is 1.80. The highest BCUT2D eigenvalue weighted by atomic mass is 16.2. The first kappa shape index (κ1) is 18.9. The first-order valence-electron chi connectivity index (χ1n) is 8.76. The summed E-state index contributed by atoms with van der Waals surface area (Å²) in [5.74, 6) is 0. The predicted molar refractivity (Wildman–Crippen MR) is 103 cm³/mol. The summed E-state index contributed by atoms with van der Waals surface area (Å²) >= 11 is 0. The molecule has 25 heavy (non-hydrogen) atoms. The number of nitrogens with one attached hydrogen (secondary N) is 1. The van der Waals surface area contributed by atoms with Gasteiger partial charge in [-0.1, -0.05) is 26.0 Å². The molecule has 0 aliphatic heterocycles. The lowest BCUT2D eigenvalue weighted by Gasteiger charge is -2.20. The van der Waals surface area contributed by atoms with Gasteiger partial charge in [0.05, 0.1) is 0 Å². The molecule has 0 atom stereocenters. The number of hydrogen-bond donors (Lipinski definition) is 1. The minimum absolute atomic E-state index is 0.116. The average Bonchev–Trinajstić information content (AvgIpc) is 2.60. The molecular weight excluding hydrogens is 312 g/mol. The van der Waals surface area contributed by atoms with Gasteiger partial charge in [-0.2, -0.15) is 0 Å². The lowest BCUT2D eigenvalue weighted by atomic mass is 10.2. The van der Waals surface area contributed by atoms with E-state index in [1.54, 1.807) is 18.1 Å². The molecule has 2 rings (SSSR count). The van der Waals surface area contributed by atoms with Crippen molar-refractivity contribution in [2.75, 3.05) is 25.5 Å². The van der Waals surface area contributed by atoms with Gasteiger partial charge in [0, 0.05) is 37.7 Å².